The van der Waals surface area contributed by atoms with E-state index < -0.39 is 0 Å². The standard InChI is InChI=1S/C21H25N3O3/c1-27-19-5-2-4-16(14-19)11-12-22-21(26)23-18-9-7-17(8-10-18)15-24-13-3-6-20(24)25/h2,4-5,7-10,14H,3,6,11-13,15H2,1H3,(H2,22,23,26). The average molecular weight is 367 g/mol. The van der Waals surface area contributed by atoms with Gasteiger partial charge in [-0.3, -0.25) is 4.79 Å². The molecule has 1 heterocycles. The number of urea groups is 1. The number of methoxy groups -OCH3 is 1. The Hall–Kier alpha value is -3.02. The summed E-state index contributed by atoms with van der Waals surface area (Å²) in [5.74, 6) is 1.03. The fourth-order valence-electron chi connectivity index (χ4n) is 3.11. The van der Waals surface area contributed by atoms with Crippen LogP contribution in [0.5, 0.6) is 5.75 Å². The summed E-state index contributed by atoms with van der Waals surface area (Å²) in [5.41, 5.74) is 2.90. The lowest BCUT2D eigenvalue weighted by Crippen LogP contribution is -2.30. The highest BCUT2D eigenvalue weighted by Gasteiger charge is 2.19. The highest BCUT2D eigenvalue weighted by atomic mass is 16.5. The lowest BCUT2D eigenvalue weighted by atomic mass is 10.1. The lowest BCUT2D eigenvalue weighted by Gasteiger charge is -2.15. The number of hydrogen-bond donors (Lipinski definition) is 2. The molecule has 0 bridgehead atoms. The second-order valence-electron chi connectivity index (χ2n) is 6.60. The Labute approximate surface area is 159 Å². The molecule has 0 atom stereocenters. The first-order valence-corrected chi connectivity index (χ1v) is 9.18. The number of carbonyl (C=O) groups excluding carboxylic acids is 2. The fraction of sp³-hybridized carbons (Fsp3) is 0.333. The molecular weight excluding hydrogens is 342 g/mol. The molecule has 2 N–H and O–H groups in total. The summed E-state index contributed by atoms with van der Waals surface area (Å²) in [7, 11) is 1.64. The first-order valence-electron chi connectivity index (χ1n) is 9.18. The summed E-state index contributed by atoms with van der Waals surface area (Å²) >= 11 is 0. The van der Waals surface area contributed by atoms with Crippen LogP contribution in [0.1, 0.15) is 24.0 Å². The lowest BCUT2D eigenvalue weighted by molar-refractivity contribution is -0.128. The van der Waals surface area contributed by atoms with E-state index in [1.807, 2.05) is 53.4 Å². The zero-order valence-corrected chi connectivity index (χ0v) is 15.5. The van der Waals surface area contributed by atoms with E-state index in [0.29, 0.717) is 19.5 Å². The van der Waals surface area contributed by atoms with Crippen molar-refractivity contribution in [3.05, 3.63) is 59.7 Å². The predicted octanol–water partition coefficient (Wildman–Crippen LogP) is 3.18. The van der Waals surface area contributed by atoms with E-state index >= 15 is 0 Å². The number of hydrogen-bond acceptors (Lipinski definition) is 3. The minimum atomic E-state index is -0.236. The van der Waals surface area contributed by atoms with E-state index in [4.69, 9.17) is 4.74 Å². The number of likely N-dealkylation sites (tertiary alicyclic amines) is 1. The number of anilines is 1. The van der Waals surface area contributed by atoms with Crippen LogP contribution in [0.15, 0.2) is 48.5 Å². The molecule has 27 heavy (non-hydrogen) atoms. The van der Waals surface area contributed by atoms with E-state index in [1.54, 1.807) is 7.11 Å². The first kappa shape index (κ1) is 18.8. The van der Waals surface area contributed by atoms with Crippen LogP contribution in [0.25, 0.3) is 0 Å². The molecule has 0 spiro atoms. The van der Waals surface area contributed by atoms with Gasteiger partial charge < -0.3 is 20.3 Å². The SMILES string of the molecule is COc1cccc(CCNC(=O)Nc2ccc(CN3CCCC3=O)cc2)c1. The van der Waals surface area contributed by atoms with Crippen LogP contribution < -0.4 is 15.4 Å². The summed E-state index contributed by atoms with van der Waals surface area (Å²) in [5, 5.41) is 5.68. The third kappa shape index (κ3) is 5.48. The predicted molar refractivity (Wildman–Crippen MR) is 105 cm³/mol. The van der Waals surface area contributed by atoms with Gasteiger partial charge in [-0.25, -0.2) is 4.79 Å². The van der Waals surface area contributed by atoms with Gasteiger partial charge in [0.2, 0.25) is 5.91 Å². The Morgan fingerprint density at radius 1 is 1.15 bits per heavy atom. The third-order valence-corrected chi connectivity index (χ3v) is 4.59. The van der Waals surface area contributed by atoms with Gasteiger partial charge in [0.25, 0.3) is 0 Å². The minimum absolute atomic E-state index is 0.215. The van der Waals surface area contributed by atoms with Crippen LogP contribution in [-0.4, -0.2) is 37.0 Å². The number of rotatable bonds is 7. The highest BCUT2D eigenvalue weighted by molar-refractivity contribution is 5.89. The monoisotopic (exact) mass is 367 g/mol. The average Bonchev–Trinajstić information content (AvgIpc) is 3.08. The smallest absolute Gasteiger partial charge is 0.319 e. The molecule has 0 unspecified atom stereocenters. The van der Waals surface area contributed by atoms with Crippen molar-refractivity contribution in [1.82, 2.24) is 10.2 Å². The van der Waals surface area contributed by atoms with E-state index in [-0.39, 0.29) is 11.9 Å². The van der Waals surface area contributed by atoms with Gasteiger partial charge in [-0.2, -0.15) is 0 Å². The molecular formula is C21H25N3O3. The molecule has 0 saturated carbocycles. The molecule has 2 aromatic carbocycles. The van der Waals surface area contributed by atoms with Gasteiger partial charge in [0.1, 0.15) is 5.75 Å². The topological polar surface area (TPSA) is 70.7 Å². The zero-order valence-electron chi connectivity index (χ0n) is 15.5. The zero-order chi connectivity index (χ0) is 19.1. The van der Waals surface area contributed by atoms with Gasteiger partial charge >= 0.3 is 6.03 Å². The van der Waals surface area contributed by atoms with Gasteiger partial charge in [-0.15, -0.1) is 0 Å². The Kier molecular flexibility index (Phi) is 6.30. The van der Waals surface area contributed by atoms with Crippen molar-refractivity contribution in [2.45, 2.75) is 25.8 Å². The molecule has 6 heteroatoms. The molecule has 0 aliphatic carbocycles. The second-order valence-corrected chi connectivity index (χ2v) is 6.60. The van der Waals surface area contributed by atoms with Crippen molar-refractivity contribution < 1.29 is 14.3 Å². The number of amides is 3. The van der Waals surface area contributed by atoms with Crippen LogP contribution in [0.4, 0.5) is 10.5 Å². The largest absolute Gasteiger partial charge is 0.497 e. The van der Waals surface area contributed by atoms with E-state index in [9.17, 15) is 9.59 Å². The summed E-state index contributed by atoms with van der Waals surface area (Å²) < 4.78 is 5.20. The molecule has 0 radical (unpaired) electrons. The molecule has 3 rings (SSSR count). The summed E-state index contributed by atoms with van der Waals surface area (Å²) in [6.07, 6.45) is 2.32. The summed E-state index contributed by atoms with van der Waals surface area (Å²) in [6, 6.07) is 15.2. The summed E-state index contributed by atoms with van der Waals surface area (Å²) in [4.78, 5) is 25.6. The fourth-order valence-corrected chi connectivity index (χ4v) is 3.11. The van der Waals surface area contributed by atoms with Crippen molar-refractivity contribution in [2.75, 3.05) is 25.5 Å². The quantitative estimate of drug-likeness (QED) is 0.790. The van der Waals surface area contributed by atoms with Crippen LogP contribution in [0, 0.1) is 0 Å². The van der Waals surface area contributed by atoms with Crippen molar-refractivity contribution in [1.29, 1.82) is 0 Å². The molecule has 1 saturated heterocycles. The van der Waals surface area contributed by atoms with Gasteiger partial charge in [0, 0.05) is 31.7 Å². The van der Waals surface area contributed by atoms with Gasteiger partial charge in [-0.05, 0) is 48.2 Å². The molecule has 142 valence electrons. The maximum Gasteiger partial charge on any atom is 0.319 e. The van der Waals surface area contributed by atoms with Crippen LogP contribution in [-0.2, 0) is 17.8 Å². The second kappa shape index (κ2) is 9.07. The molecule has 3 amide bonds. The maximum absolute atomic E-state index is 12.0. The van der Waals surface area contributed by atoms with Crippen molar-refractivity contribution in [2.24, 2.45) is 0 Å². The molecule has 0 aromatic heterocycles. The maximum atomic E-state index is 12.0. The van der Waals surface area contributed by atoms with Crippen molar-refractivity contribution in [3.63, 3.8) is 0 Å². The number of carbonyl (C=O) groups is 2. The van der Waals surface area contributed by atoms with Crippen molar-refractivity contribution >= 4 is 17.6 Å². The van der Waals surface area contributed by atoms with Gasteiger partial charge in [0.15, 0.2) is 0 Å². The van der Waals surface area contributed by atoms with E-state index in [2.05, 4.69) is 10.6 Å². The number of ether oxygens (including phenoxy) is 1. The first-order chi connectivity index (χ1) is 13.1. The third-order valence-electron chi connectivity index (χ3n) is 4.59. The normalized spacial score (nSPS) is 13.5. The van der Waals surface area contributed by atoms with Crippen molar-refractivity contribution in [3.8, 4) is 5.75 Å². The molecule has 1 aliphatic rings. The van der Waals surface area contributed by atoms with E-state index in [1.165, 1.54) is 0 Å². The molecule has 2 aromatic rings. The number of benzene rings is 2. The van der Waals surface area contributed by atoms with Crippen LogP contribution in [0.2, 0.25) is 0 Å². The van der Waals surface area contributed by atoms with Gasteiger partial charge in [0.05, 0.1) is 7.11 Å². The number of nitrogens with zero attached hydrogens (tertiary/aromatic N) is 1. The molecule has 1 aliphatic heterocycles. The highest BCUT2D eigenvalue weighted by Crippen LogP contribution is 2.16. The molecule has 1 fully saturated rings. The van der Waals surface area contributed by atoms with Crippen LogP contribution >= 0.6 is 0 Å². The Balaban J connectivity index is 1.42. The van der Waals surface area contributed by atoms with E-state index in [0.717, 1.165) is 42.0 Å². The summed E-state index contributed by atoms with van der Waals surface area (Å²) in [6.45, 7) is 1.99. The minimum Gasteiger partial charge on any atom is -0.497 e. The molecule has 6 nitrogen and oxygen atoms in total. The number of nitrogens with one attached hydrogen (secondary N) is 2. The van der Waals surface area contributed by atoms with Gasteiger partial charge in [-0.1, -0.05) is 24.3 Å². The van der Waals surface area contributed by atoms with Crippen LogP contribution in [0.3, 0.4) is 0 Å². The Morgan fingerprint density at radius 2 is 1.96 bits per heavy atom. The Bertz CT molecular complexity index is 790. The Morgan fingerprint density at radius 3 is 2.67 bits per heavy atom.